The summed E-state index contributed by atoms with van der Waals surface area (Å²) in [5, 5.41) is 42.1. The van der Waals surface area contributed by atoms with Gasteiger partial charge in [0.2, 0.25) is 0 Å². The van der Waals surface area contributed by atoms with E-state index >= 15 is 0 Å². The Kier molecular flexibility index (Phi) is 7.76. The lowest BCUT2D eigenvalue weighted by atomic mass is 9.64. The predicted molar refractivity (Wildman–Crippen MR) is 134 cm³/mol. The Hall–Kier alpha value is -4.59. The van der Waals surface area contributed by atoms with Crippen molar-refractivity contribution in [1.29, 1.82) is 0 Å². The van der Waals surface area contributed by atoms with Crippen molar-refractivity contribution in [3.63, 3.8) is 0 Å². The van der Waals surface area contributed by atoms with Crippen LogP contribution in [0.4, 0.5) is 4.79 Å². The maximum absolute atomic E-state index is 13.5. The number of likely N-dealkylation sites (N-methyl/N-ethyl adjacent to an activating group) is 1. The highest BCUT2D eigenvalue weighted by molar-refractivity contribution is 6.47. The Balaban J connectivity index is 1.57. The maximum Gasteiger partial charge on any atom is 0.526 e. The van der Waals surface area contributed by atoms with Crippen LogP contribution in [0.5, 0.6) is 17.2 Å². The van der Waals surface area contributed by atoms with E-state index in [4.69, 9.17) is 4.65 Å². The second-order valence-corrected chi connectivity index (χ2v) is 9.21. The number of carboxylic acid groups (broad SMARTS) is 1. The SMILES string of the molecule is CCN1CCN(C(=O)N[C@@H](C(=O)C[C@H]2Cc3cccc(C(=O)O)c3OB2O)c2ccc(O)c(O)c2)C(=O)C1=O. The number of nitrogens with one attached hydrogen (secondary N) is 1. The number of aromatic hydroxyl groups is 2. The van der Waals surface area contributed by atoms with Crippen LogP contribution in [0, 0.1) is 0 Å². The van der Waals surface area contributed by atoms with E-state index in [1.165, 1.54) is 23.1 Å². The minimum atomic E-state index is -1.53. The minimum absolute atomic E-state index is 0.00362. The fraction of sp³-hybridized carbons (Fsp3) is 0.320. The van der Waals surface area contributed by atoms with Crippen molar-refractivity contribution in [3.05, 3.63) is 53.1 Å². The van der Waals surface area contributed by atoms with Gasteiger partial charge < -0.3 is 35.2 Å². The maximum atomic E-state index is 13.5. The van der Waals surface area contributed by atoms with Crippen molar-refractivity contribution in [2.45, 2.75) is 31.6 Å². The summed E-state index contributed by atoms with van der Waals surface area (Å²) >= 11 is 0. The standard InChI is InChI=1S/C25H26BN3O10/c1-2-28-8-9-29(23(34)22(28)33)25(37)27-20(13-6-7-17(30)18(31)11-13)19(32)12-15-10-14-4-3-5-16(24(35)36)21(14)39-26(15)38/h3-7,11,15,20,30-31,38H,2,8-10,12H2,1H3,(H,27,37)(H,35,36)/t15-,20-/m1/s1. The molecule has 13 nitrogen and oxygen atoms in total. The van der Waals surface area contributed by atoms with E-state index in [1.807, 2.05) is 0 Å². The van der Waals surface area contributed by atoms with Gasteiger partial charge in [-0.1, -0.05) is 18.2 Å². The number of benzene rings is 2. The molecule has 0 radical (unpaired) electrons. The van der Waals surface area contributed by atoms with Gasteiger partial charge in [-0.3, -0.25) is 19.3 Å². The van der Waals surface area contributed by atoms with E-state index < -0.39 is 60.1 Å². The largest absolute Gasteiger partial charge is 0.535 e. The summed E-state index contributed by atoms with van der Waals surface area (Å²) in [4.78, 5) is 64.8. The van der Waals surface area contributed by atoms with Crippen LogP contribution in [-0.2, 0) is 20.8 Å². The highest BCUT2D eigenvalue weighted by Gasteiger charge is 2.41. The van der Waals surface area contributed by atoms with Gasteiger partial charge in [0.1, 0.15) is 11.8 Å². The normalized spacial score (nSPS) is 17.8. The van der Waals surface area contributed by atoms with Crippen LogP contribution in [0.25, 0.3) is 0 Å². The van der Waals surface area contributed by atoms with E-state index in [2.05, 4.69) is 5.32 Å². The van der Waals surface area contributed by atoms with Gasteiger partial charge in [-0.2, -0.15) is 0 Å². The Bertz CT molecular complexity index is 1350. The summed E-state index contributed by atoms with van der Waals surface area (Å²) in [6, 6.07) is 5.50. The number of imide groups is 1. The third kappa shape index (κ3) is 5.50. The third-order valence-corrected chi connectivity index (χ3v) is 6.77. The molecule has 14 heteroatoms. The molecule has 1 saturated heterocycles. The Morgan fingerprint density at radius 2 is 1.85 bits per heavy atom. The lowest BCUT2D eigenvalue weighted by molar-refractivity contribution is -0.153. The molecule has 4 amide bonds. The number of rotatable bonds is 7. The van der Waals surface area contributed by atoms with Crippen molar-refractivity contribution in [1.82, 2.24) is 15.1 Å². The number of carboxylic acids is 1. The summed E-state index contributed by atoms with van der Waals surface area (Å²) < 4.78 is 5.45. The molecule has 2 atom stereocenters. The number of aromatic carboxylic acids is 1. The van der Waals surface area contributed by atoms with Gasteiger partial charge in [-0.05, 0) is 42.7 Å². The van der Waals surface area contributed by atoms with Gasteiger partial charge in [-0.25, -0.2) is 9.59 Å². The van der Waals surface area contributed by atoms with Crippen molar-refractivity contribution in [2.75, 3.05) is 19.6 Å². The monoisotopic (exact) mass is 539 g/mol. The first-order valence-electron chi connectivity index (χ1n) is 12.2. The summed E-state index contributed by atoms with van der Waals surface area (Å²) in [5.41, 5.74) is 0.414. The number of hydrogen-bond donors (Lipinski definition) is 5. The van der Waals surface area contributed by atoms with Crippen LogP contribution in [0.2, 0.25) is 5.82 Å². The number of hydrogen-bond acceptors (Lipinski definition) is 9. The highest BCUT2D eigenvalue weighted by atomic mass is 16.5. The summed E-state index contributed by atoms with van der Waals surface area (Å²) in [5.74, 6) is -5.62. The van der Waals surface area contributed by atoms with E-state index in [-0.39, 0.29) is 49.4 Å². The number of carbonyl (C=O) groups excluding carboxylic acids is 4. The van der Waals surface area contributed by atoms with Crippen LogP contribution in [0.15, 0.2) is 36.4 Å². The Morgan fingerprint density at radius 1 is 1.10 bits per heavy atom. The molecule has 2 heterocycles. The molecule has 1 fully saturated rings. The molecule has 5 N–H and O–H groups in total. The summed E-state index contributed by atoms with van der Waals surface area (Å²) in [7, 11) is -1.53. The van der Waals surface area contributed by atoms with Gasteiger partial charge in [0.15, 0.2) is 17.3 Å². The number of nitrogens with zero attached hydrogens (tertiary/aromatic N) is 2. The zero-order valence-electron chi connectivity index (χ0n) is 20.9. The molecule has 204 valence electrons. The van der Waals surface area contributed by atoms with Crippen molar-refractivity contribution in [2.24, 2.45) is 0 Å². The molecule has 0 aliphatic carbocycles. The number of phenols is 2. The van der Waals surface area contributed by atoms with Crippen molar-refractivity contribution >= 4 is 36.7 Å². The molecule has 2 aliphatic heterocycles. The van der Waals surface area contributed by atoms with Crippen LogP contribution in [0.3, 0.4) is 0 Å². The highest BCUT2D eigenvalue weighted by Crippen LogP contribution is 2.37. The van der Waals surface area contributed by atoms with E-state index in [0.29, 0.717) is 10.5 Å². The number of Topliss-reactive ketones (excluding diaryl/α,β-unsaturated/α-hetero) is 1. The number of fused-ring (bicyclic) bond motifs is 1. The zero-order chi connectivity index (χ0) is 28.4. The summed E-state index contributed by atoms with van der Waals surface area (Å²) in [6.45, 7) is 2.01. The average molecular weight is 539 g/mol. The molecular weight excluding hydrogens is 513 g/mol. The quantitative estimate of drug-likeness (QED) is 0.190. The lowest BCUT2D eigenvalue weighted by Gasteiger charge is -2.33. The van der Waals surface area contributed by atoms with E-state index in [9.17, 15) is 44.3 Å². The number of ketones is 1. The molecule has 2 aromatic rings. The third-order valence-electron chi connectivity index (χ3n) is 6.77. The Labute approximate surface area is 222 Å². The first-order valence-corrected chi connectivity index (χ1v) is 12.2. The number of urea groups is 1. The van der Waals surface area contributed by atoms with E-state index in [0.717, 1.165) is 12.1 Å². The first-order chi connectivity index (χ1) is 18.5. The average Bonchev–Trinajstić information content (AvgIpc) is 2.90. The van der Waals surface area contributed by atoms with Crippen LogP contribution >= 0.6 is 0 Å². The van der Waals surface area contributed by atoms with Gasteiger partial charge >= 0.3 is 30.9 Å². The molecule has 0 spiro atoms. The molecule has 39 heavy (non-hydrogen) atoms. The van der Waals surface area contributed by atoms with Crippen LogP contribution in [-0.4, -0.2) is 86.5 Å². The fourth-order valence-corrected chi connectivity index (χ4v) is 4.64. The molecule has 4 rings (SSSR count). The molecule has 0 unspecified atom stereocenters. The van der Waals surface area contributed by atoms with Crippen molar-refractivity contribution < 1.29 is 49.0 Å². The molecule has 0 bridgehead atoms. The topological polar surface area (TPSA) is 194 Å². The van der Waals surface area contributed by atoms with Gasteiger partial charge in [-0.15, -0.1) is 0 Å². The summed E-state index contributed by atoms with van der Waals surface area (Å²) in [6.07, 6.45) is -0.252. The Morgan fingerprint density at radius 3 is 2.51 bits per heavy atom. The number of phenolic OH excluding ortho intramolecular Hbond substituents is 2. The number of carbonyl (C=O) groups is 5. The fourth-order valence-electron chi connectivity index (χ4n) is 4.64. The number of para-hydroxylation sites is 1. The molecule has 2 aromatic carbocycles. The van der Waals surface area contributed by atoms with E-state index in [1.54, 1.807) is 13.0 Å². The molecule has 0 saturated carbocycles. The predicted octanol–water partition coefficient (Wildman–Crippen LogP) is 0.682. The zero-order valence-corrected chi connectivity index (χ0v) is 20.9. The first kappa shape index (κ1) is 27.4. The van der Waals surface area contributed by atoms with Crippen LogP contribution in [0.1, 0.15) is 40.9 Å². The second-order valence-electron chi connectivity index (χ2n) is 9.21. The second kappa shape index (κ2) is 11.0. The smallest absolute Gasteiger partial charge is 0.526 e. The van der Waals surface area contributed by atoms with Crippen LogP contribution < -0.4 is 9.97 Å². The van der Waals surface area contributed by atoms with Gasteiger partial charge in [0, 0.05) is 31.9 Å². The molecular formula is C25H26BN3O10. The van der Waals surface area contributed by atoms with Crippen molar-refractivity contribution in [3.8, 4) is 17.2 Å². The lowest BCUT2D eigenvalue weighted by Crippen LogP contribution is -2.58. The number of piperazine rings is 1. The minimum Gasteiger partial charge on any atom is -0.535 e. The van der Waals surface area contributed by atoms with Gasteiger partial charge in [0.25, 0.3) is 0 Å². The van der Waals surface area contributed by atoms with Gasteiger partial charge in [0.05, 0.1) is 5.56 Å². The number of amides is 4. The molecule has 2 aliphatic rings. The molecule has 0 aromatic heterocycles.